The van der Waals surface area contributed by atoms with Crippen LogP contribution in [0.1, 0.15) is 77.8 Å². The van der Waals surface area contributed by atoms with Crippen molar-refractivity contribution in [1.82, 2.24) is 15.5 Å². The quantitative estimate of drug-likeness (QED) is 0.190. The van der Waals surface area contributed by atoms with E-state index in [4.69, 9.17) is 10.5 Å². The molecular weight excluding hydrogens is 508 g/mol. The Bertz CT molecular complexity index is 975. The number of phenols is 1. The molecule has 2 atom stereocenters. The standard InChI is InChI=1S/C27H42N4O8/c1-6-7-8-9-10-15-31(25(36)20(16-21(28)33)30-26(37)39-27(2,3)4)23(18-11-13-19(32)14-12-18)24(35)29-17-22(34)38-5/h11-14,20,23,32H,6-10,15-17H2,1-5H3,(H2,28,33)(H,29,35)(H,30,37). The average molecular weight is 551 g/mol. The summed E-state index contributed by atoms with van der Waals surface area (Å²) in [6.07, 6.45) is 2.76. The van der Waals surface area contributed by atoms with Gasteiger partial charge in [-0.25, -0.2) is 4.79 Å². The summed E-state index contributed by atoms with van der Waals surface area (Å²) in [5, 5.41) is 14.7. The molecule has 0 aromatic heterocycles. The van der Waals surface area contributed by atoms with Crippen molar-refractivity contribution in [3.63, 3.8) is 0 Å². The average Bonchev–Trinajstić information content (AvgIpc) is 2.85. The number of alkyl carbamates (subject to hydrolysis) is 1. The van der Waals surface area contributed by atoms with Gasteiger partial charge in [0.2, 0.25) is 17.7 Å². The predicted octanol–water partition coefficient (Wildman–Crippen LogP) is 2.29. The zero-order valence-corrected chi connectivity index (χ0v) is 23.5. The number of primary amides is 1. The lowest BCUT2D eigenvalue weighted by molar-refractivity contribution is -0.145. The van der Waals surface area contributed by atoms with Crippen molar-refractivity contribution in [2.75, 3.05) is 20.2 Å². The van der Waals surface area contributed by atoms with Crippen LogP contribution in [0.2, 0.25) is 0 Å². The molecule has 39 heavy (non-hydrogen) atoms. The molecule has 12 heteroatoms. The number of phenolic OH excluding ortho intramolecular Hbond substituents is 1. The Morgan fingerprint density at radius 2 is 1.64 bits per heavy atom. The predicted molar refractivity (Wildman–Crippen MR) is 143 cm³/mol. The SMILES string of the molecule is CCCCCCCN(C(=O)C(CC(N)=O)NC(=O)OC(C)(C)C)C(C(=O)NCC(=O)OC)c1ccc(O)cc1. The Balaban J connectivity index is 3.46. The van der Waals surface area contributed by atoms with E-state index in [1.165, 1.54) is 36.3 Å². The van der Waals surface area contributed by atoms with Gasteiger partial charge in [0.15, 0.2) is 0 Å². The number of methoxy groups -OCH3 is 1. The number of esters is 1. The summed E-state index contributed by atoms with van der Waals surface area (Å²) in [5.41, 5.74) is 4.86. The number of hydrogen-bond acceptors (Lipinski definition) is 8. The summed E-state index contributed by atoms with van der Waals surface area (Å²) in [4.78, 5) is 64.6. The van der Waals surface area contributed by atoms with Crippen LogP contribution in [-0.4, -0.2) is 71.6 Å². The molecule has 4 amide bonds. The summed E-state index contributed by atoms with van der Waals surface area (Å²) in [7, 11) is 1.18. The number of amides is 4. The number of unbranched alkanes of at least 4 members (excludes halogenated alkanes) is 4. The van der Waals surface area contributed by atoms with E-state index in [0.717, 1.165) is 25.7 Å². The largest absolute Gasteiger partial charge is 0.508 e. The number of carbonyl (C=O) groups is 5. The highest BCUT2D eigenvalue weighted by molar-refractivity contribution is 5.95. The first-order valence-corrected chi connectivity index (χ1v) is 13.0. The van der Waals surface area contributed by atoms with Crippen LogP contribution in [0.5, 0.6) is 5.75 Å². The van der Waals surface area contributed by atoms with Gasteiger partial charge in [0.25, 0.3) is 0 Å². The van der Waals surface area contributed by atoms with Crippen LogP contribution in [0.25, 0.3) is 0 Å². The number of nitrogens with one attached hydrogen (secondary N) is 2. The fourth-order valence-electron chi connectivity index (χ4n) is 3.76. The van der Waals surface area contributed by atoms with Crippen LogP contribution in [-0.2, 0) is 28.7 Å². The van der Waals surface area contributed by atoms with E-state index in [-0.39, 0.29) is 12.3 Å². The van der Waals surface area contributed by atoms with Crippen LogP contribution in [0.3, 0.4) is 0 Å². The van der Waals surface area contributed by atoms with E-state index in [9.17, 15) is 29.1 Å². The van der Waals surface area contributed by atoms with Gasteiger partial charge in [0.1, 0.15) is 30.0 Å². The van der Waals surface area contributed by atoms with E-state index in [1.807, 2.05) is 0 Å². The molecule has 0 aliphatic heterocycles. The van der Waals surface area contributed by atoms with Crippen molar-refractivity contribution >= 4 is 29.8 Å². The number of nitrogens with zero attached hydrogens (tertiary/aromatic N) is 1. The van der Waals surface area contributed by atoms with Crippen molar-refractivity contribution in [3.05, 3.63) is 29.8 Å². The van der Waals surface area contributed by atoms with Gasteiger partial charge in [-0.05, 0) is 44.9 Å². The van der Waals surface area contributed by atoms with Crippen LogP contribution in [0.4, 0.5) is 4.79 Å². The van der Waals surface area contributed by atoms with E-state index < -0.39 is 60.4 Å². The van der Waals surface area contributed by atoms with Crippen LogP contribution in [0.15, 0.2) is 24.3 Å². The van der Waals surface area contributed by atoms with Gasteiger partial charge >= 0.3 is 12.1 Å². The third kappa shape index (κ3) is 12.5. The lowest BCUT2D eigenvalue weighted by atomic mass is 10.0. The molecule has 2 unspecified atom stereocenters. The molecular formula is C27H42N4O8. The summed E-state index contributed by atoms with van der Waals surface area (Å²) >= 11 is 0. The zero-order valence-electron chi connectivity index (χ0n) is 23.5. The first-order chi connectivity index (χ1) is 18.3. The second-order valence-electron chi connectivity index (χ2n) is 10.1. The van der Waals surface area contributed by atoms with Gasteiger partial charge in [-0.2, -0.15) is 0 Å². The molecule has 218 valence electrons. The summed E-state index contributed by atoms with van der Waals surface area (Å²) in [5.74, 6) is -3.01. The van der Waals surface area contributed by atoms with E-state index in [2.05, 4.69) is 22.3 Å². The first-order valence-electron chi connectivity index (χ1n) is 13.0. The van der Waals surface area contributed by atoms with Gasteiger partial charge in [-0.3, -0.25) is 19.2 Å². The molecule has 0 saturated heterocycles. The minimum Gasteiger partial charge on any atom is -0.508 e. The molecule has 1 aromatic rings. The summed E-state index contributed by atoms with van der Waals surface area (Å²) in [6.45, 7) is 6.67. The number of ether oxygens (including phenoxy) is 2. The number of benzene rings is 1. The highest BCUT2D eigenvalue weighted by Gasteiger charge is 2.37. The maximum absolute atomic E-state index is 13.9. The van der Waals surface area contributed by atoms with Crippen LogP contribution < -0.4 is 16.4 Å². The molecule has 0 heterocycles. The molecule has 1 aromatic carbocycles. The first kappa shape index (κ1) is 33.2. The van der Waals surface area contributed by atoms with Gasteiger partial charge in [-0.15, -0.1) is 0 Å². The van der Waals surface area contributed by atoms with Crippen molar-refractivity contribution < 1.29 is 38.6 Å². The molecule has 1 rings (SSSR count). The monoisotopic (exact) mass is 550 g/mol. The van der Waals surface area contributed by atoms with Gasteiger partial charge in [0, 0.05) is 6.54 Å². The molecule has 0 radical (unpaired) electrons. The topological polar surface area (TPSA) is 177 Å². The molecule has 5 N–H and O–H groups in total. The minimum absolute atomic E-state index is 0.0527. The number of aromatic hydroxyl groups is 1. The summed E-state index contributed by atoms with van der Waals surface area (Å²) in [6, 6.07) is 2.99. The Hall–Kier alpha value is -3.83. The van der Waals surface area contributed by atoms with E-state index in [1.54, 1.807) is 20.8 Å². The number of rotatable bonds is 15. The van der Waals surface area contributed by atoms with Gasteiger partial charge in [-0.1, -0.05) is 44.7 Å². The summed E-state index contributed by atoms with van der Waals surface area (Å²) < 4.78 is 9.85. The number of carbonyl (C=O) groups excluding carboxylic acids is 5. The maximum Gasteiger partial charge on any atom is 0.408 e. The Kier molecular flexibility index (Phi) is 13.8. The highest BCUT2D eigenvalue weighted by atomic mass is 16.6. The second kappa shape index (κ2) is 16.2. The minimum atomic E-state index is -1.42. The third-order valence-electron chi connectivity index (χ3n) is 5.58. The van der Waals surface area contributed by atoms with Crippen molar-refractivity contribution in [3.8, 4) is 5.75 Å². The molecule has 0 fully saturated rings. The van der Waals surface area contributed by atoms with E-state index >= 15 is 0 Å². The highest BCUT2D eigenvalue weighted by Crippen LogP contribution is 2.26. The molecule has 12 nitrogen and oxygen atoms in total. The number of nitrogens with two attached hydrogens (primary N) is 1. The van der Waals surface area contributed by atoms with Gasteiger partial charge in [0.05, 0.1) is 13.5 Å². The Morgan fingerprint density at radius 3 is 2.18 bits per heavy atom. The van der Waals surface area contributed by atoms with Crippen molar-refractivity contribution in [1.29, 1.82) is 0 Å². The maximum atomic E-state index is 13.9. The lowest BCUT2D eigenvalue weighted by Crippen LogP contribution is -2.54. The van der Waals surface area contributed by atoms with Crippen molar-refractivity contribution in [2.45, 2.75) is 83.9 Å². The van der Waals surface area contributed by atoms with Crippen LogP contribution >= 0.6 is 0 Å². The van der Waals surface area contributed by atoms with Crippen molar-refractivity contribution in [2.24, 2.45) is 5.73 Å². The molecule has 0 bridgehead atoms. The zero-order chi connectivity index (χ0) is 29.6. The normalized spacial score (nSPS) is 12.5. The number of hydrogen-bond donors (Lipinski definition) is 4. The molecule has 0 aliphatic rings. The van der Waals surface area contributed by atoms with Crippen LogP contribution in [0, 0.1) is 0 Å². The molecule has 0 saturated carbocycles. The fraction of sp³-hybridized carbons (Fsp3) is 0.593. The Morgan fingerprint density at radius 1 is 1.03 bits per heavy atom. The lowest BCUT2D eigenvalue weighted by Gasteiger charge is -2.34. The second-order valence-corrected chi connectivity index (χ2v) is 10.1. The Labute approximate surface area is 229 Å². The third-order valence-corrected chi connectivity index (χ3v) is 5.58. The van der Waals surface area contributed by atoms with Gasteiger partial charge < -0.3 is 35.8 Å². The smallest absolute Gasteiger partial charge is 0.408 e. The molecule has 0 aliphatic carbocycles. The fourth-order valence-corrected chi connectivity index (χ4v) is 3.76. The van der Waals surface area contributed by atoms with E-state index in [0.29, 0.717) is 12.0 Å². The molecule has 0 spiro atoms.